The number of rotatable bonds is 7. The number of carbonyl (C=O) groups excluding carboxylic acids is 1. The van der Waals surface area contributed by atoms with Crippen LogP contribution in [-0.2, 0) is 11.2 Å². The smallest absolute Gasteiger partial charge is 0.335 e. The van der Waals surface area contributed by atoms with Gasteiger partial charge in [-0.1, -0.05) is 42.5 Å². The van der Waals surface area contributed by atoms with Crippen molar-refractivity contribution in [2.75, 3.05) is 13.1 Å². The molecule has 5 nitrogen and oxygen atoms in total. The standard InChI is InChI=1S/C24H30N2O3.ClH/c1-17(20-9-11-21(12-10-20)22(27)28)25-23(29)24(2,3)26-14-13-19(16-26)15-18-7-5-4-6-8-18;/h4-12,17,19H,13-16H2,1-3H3,(H,25,29)(H,27,28);1H/t17-,19?;/m0./s1. The predicted octanol–water partition coefficient (Wildman–Crippen LogP) is 4.33. The lowest BCUT2D eigenvalue weighted by atomic mass is 9.97. The number of aromatic carboxylic acids is 1. The molecule has 3 rings (SSSR count). The zero-order chi connectivity index (χ0) is 21.0. The van der Waals surface area contributed by atoms with Crippen LogP contribution in [0.5, 0.6) is 0 Å². The van der Waals surface area contributed by atoms with Crippen molar-refractivity contribution in [3.05, 3.63) is 71.3 Å². The van der Waals surface area contributed by atoms with E-state index in [0.29, 0.717) is 5.92 Å². The quantitative estimate of drug-likeness (QED) is 0.686. The van der Waals surface area contributed by atoms with Gasteiger partial charge >= 0.3 is 5.97 Å². The van der Waals surface area contributed by atoms with E-state index >= 15 is 0 Å². The maximum atomic E-state index is 13.0. The van der Waals surface area contributed by atoms with Crippen molar-refractivity contribution in [1.82, 2.24) is 10.2 Å². The Bertz CT molecular complexity index is 853. The summed E-state index contributed by atoms with van der Waals surface area (Å²) in [5.74, 6) is -0.397. The van der Waals surface area contributed by atoms with Gasteiger partial charge in [0, 0.05) is 6.54 Å². The molecule has 0 aromatic heterocycles. The molecular weight excluding hydrogens is 400 g/mol. The molecule has 0 saturated carbocycles. The third-order valence-corrected chi connectivity index (χ3v) is 6.00. The lowest BCUT2D eigenvalue weighted by Crippen LogP contribution is -2.54. The summed E-state index contributed by atoms with van der Waals surface area (Å²) < 4.78 is 0. The number of nitrogens with one attached hydrogen (secondary N) is 1. The van der Waals surface area contributed by atoms with E-state index in [1.54, 1.807) is 24.3 Å². The fourth-order valence-corrected chi connectivity index (χ4v) is 3.97. The van der Waals surface area contributed by atoms with Gasteiger partial charge in [0.15, 0.2) is 0 Å². The normalized spacial score (nSPS) is 17.8. The number of halogens is 1. The average Bonchev–Trinajstić information content (AvgIpc) is 3.18. The van der Waals surface area contributed by atoms with E-state index < -0.39 is 11.5 Å². The maximum absolute atomic E-state index is 13.0. The Kier molecular flexibility index (Phi) is 8.04. The molecule has 6 heteroatoms. The zero-order valence-electron chi connectivity index (χ0n) is 17.8. The SMILES string of the molecule is C[C@H](NC(=O)C(C)(C)N1CCC(Cc2ccccc2)C1)c1ccc(C(=O)O)cc1.Cl. The highest BCUT2D eigenvalue weighted by Crippen LogP contribution is 2.28. The van der Waals surface area contributed by atoms with Crippen molar-refractivity contribution in [2.24, 2.45) is 5.92 Å². The highest BCUT2D eigenvalue weighted by molar-refractivity contribution is 5.88. The van der Waals surface area contributed by atoms with E-state index in [1.165, 1.54) is 5.56 Å². The van der Waals surface area contributed by atoms with Crippen LogP contribution in [0.4, 0.5) is 0 Å². The molecule has 1 aliphatic heterocycles. The molecule has 1 unspecified atom stereocenters. The second-order valence-electron chi connectivity index (χ2n) is 8.47. The Morgan fingerprint density at radius 2 is 1.77 bits per heavy atom. The van der Waals surface area contributed by atoms with Crippen molar-refractivity contribution in [3.63, 3.8) is 0 Å². The molecule has 2 aromatic rings. The Balaban J connectivity index is 0.00000320. The molecule has 1 fully saturated rings. The van der Waals surface area contributed by atoms with Crippen LogP contribution in [-0.4, -0.2) is 40.5 Å². The summed E-state index contributed by atoms with van der Waals surface area (Å²) in [5, 5.41) is 12.1. The first-order valence-corrected chi connectivity index (χ1v) is 10.2. The minimum absolute atomic E-state index is 0. The van der Waals surface area contributed by atoms with Crippen LogP contribution in [0.15, 0.2) is 54.6 Å². The van der Waals surface area contributed by atoms with E-state index in [9.17, 15) is 9.59 Å². The number of carboxylic acids is 1. The Morgan fingerprint density at radius 3 is 2.37 bits per heavy atom. The van der Waals surface area contributed by atoms with Crippen molar-refractivity contribution in [3.8, 4) is 0 Å². The van der Waals surface area contributed by atoms with E-state index in [0.717, 1.165) is 31.5 Å². The first-order chi connectivity index (χ1) is 13.8. The highest BCUT2D eigenvalue weighted by Gasteiger charge is 2.39. The summed E-state index contributed by atoms with van der Waals surface area (Å²) in [6.07, 6.45) is 2.14. The maximum Gasteiger partial charge on any atom is 0.335 e. The number of carboxylic acid groups (broad SMARTS) is 1. The van der Waals surface area contributed by atoms with Gasteiger partial charge in [0.25, 0.3) is 0 Å². The van der Waals surface area contributed by atoms with Gasteiger partial charge in [0.05, 0.1) is 17.1 Å². The molecule has 1 saturated heterocycles. The summed E-state index contributed by atoms with van der Waals surface area (Å²) in [4.78, 5) is 26.3. The van der Waals surface area contributed by atoms with Crippen LogP contribution < -0.4 is 5.32 Å². The predicted molar refractivity (Wildman–Crippen MR) is 121 cm³/mol. The molecule has 0 radical (unpaired) electrons. The number of likely N-dealkylation sites (tertiary alicyclic amines) is 1. The number of amides is 1. The Labute approximate surface area is 184 Å². The molecule has 1 heterocycles. The van der Waals surface area contributed by atoms with Gasteiger partial charge < -0.3 is 10.4 Å². The molecule has 0 spiro atoms. The molecule has 2 atom stereocenters. The van der Waals surface area contributed by atoms with E-state index in [1.807, 2.05) is 26.8 Å². The third-order valence-electron chi connectivity index (χ3n) is 6.00. The van der Waals surface area contributed by atoms with Crippen LogP contribution >= 0.6 is 12.4 Å². The first kappa shape index (κ1) is 23.9. The van der Waals surface area contributed by atoms with Crippen LogP contribution in [0.1, 0.15) is 54.7 Å². The van der Waals surface area contributed by atoms with Crippen molar-refractivity contribution in [1.29, 1.82) is 0 Å². The lowest BCUT2D eigenvalue weighted by molar-refractivity contribution is -0.131. The molecule has 2 aromatic carbocycles. The molecule has 0 bridgehead atoms. The zero-order valence-corrected chi connectivity index (χ0v) is 18.6. The van der Waals surface area contributed by atoms with Gasteiger partial charge in [-0.05, 0) is 69.3 Å². The fourth-order valence-electron chi connectivity index (χ4n) is 3.97. The minimum atomic E-state index is -0.950. The number of hydrogen-bond donors (Lipinski definition) is 2. The molecule has 0 aliphatic carbocycles. The van der Waals surface area contributed by atoms with Crippen molar-refractivity contribution < 1.29 is 14.7 Å². The summed E-state index contributed by atoms with van der Waals surface area (Å²) in [7, 11) is 0. The topological polar surface area (TPSA) is 69.6 Å². The largest absolute Gasteiger partial charge is 0.478 e. The number of carbonyl (C=O) groups is 2. The summed E-state index contributed by atoms with van der Waals surface area (Å²) in [6, 6.07) is 17.0. The van der Waals surface area contributed by atoms with Crippen molar-refractivity contribution >= 4 is 24.3 Å². The van der Waals surface area contributed by atoms with Gasteiger partial charge in [0.2, 0.25) is 5.91 Å². The van der Waals surface area contributed by atoms with Gasteiger partial charge in [-0.15, -0.1) is 12.4 Å². The van der Waals surface area contributed by atoms with Crippen LogP contribution in [0.2, 0.25) is 0 Å². The minimum Gasteiger partial charge on any atom is -0.478 e. The fraction of sp³-hybridized carbons (Fsp3) is 0.417. The van der Waals surface area contributed by atoms with Gasteiger partial charge in [-0.25, -0.2) is 4.79 Å². The number of hydrogen-bond acceptors (Lipinski definition) is 3. The average molecular weight is 431 g/mol. The van der Waals surface area contributed by atoms with E-state index in [2.05, 4.69) is 34.5 Å². The number of benzene rings is 2. The van der Waals surface area contributed by atoms with Gasteiger partial charge in [-0.3, -0.25) is 9.69 Å². The van der Waals surface area contributed by atoms with E-state index in [-0.39, 0.29) is 29.9 Å². The first-order valence-electron chi connectivity index (χ1n) is 10.2. The molecule has 1 amide bonds. The summed E-state index contributed by atoms with van der Waals surface area (Å²) >= 11 is 0. The van der Waals surface area contributed by atoms with Gasteiger partial charge in [0.1, 0.15) is 0 Å². The van der Waals surface area contributed by atoms with Crippen molar-refractivity contribution in [2.45, 2.75) is 45.2 Å². The summed E-state index contributed by atoms with van der Waals surface area (Å²) in [5.41, 5.74) is 1.89. The molecule has 30 heavy (non-hydrogen) atoms. The Hall–Kier alpha value is -2.37. The van der Waals surface area contributed by atoms with E-state index in [4.69, 9.17) is 5.11 Å². The molecule has 2 N–H and O–H groups in total. The summed E-state index contributed by atoms with van der Waals surface area (Å²) in [6.45, 7) is 7.71. The molecule has 1 aliphatic rings. The third kappa shape index (κ3) is 5.61. The Morgan fingerprint density at radius 1 is 1.13 bits per heavy atom. The number of nitrogens with zero attached hydrogens (tertiary/aromatic N) is 1. The highest BCUT2D eigenvalue weighted by atomic mass is 35.5. The molecule has 162 valence electrons. The monoisotopic (exact) mass is 430 g/mol. The van der Waals surface area contributed by atoms with Gasteiger partial charge in [-0.2, -0.15) is 0 Å². The second kappa shape index (κ2) is 10.1. The van der Waals surface area contributed by atoms with Crippen LogP contribution in [0.25, 0.3) is 0 Å². The molecular formula is C24H31ClN2O3. The van der Waals surface area contributed by atoms with Crippen LogP contribution in [0, 0.1) is 5.92 Å². The second-order valence-corrected chi connectivity index (χ2v) is 8.47. The lowest BCUT2D eigenvalue weighted by Gasteiger charge is -2.35. The van der Waals surface area contributed by atoms with Crippen LogP contribution in [0.3, 0.4) is 0 Å².